The molecule has 1 aliphatic heterocycles. The number of aryl methyl sites for hydroxylation is 2. The Hall–Kier alpha value is -1.73. The van der Waals surface area contributed by atoms with Gasteiger partial charge in [-0.3, -0.25) is 9.48 Å². The van der Waals surface area contributed by atoms with E-state index in [1.54, 1.807) is 22.2 Å². The van der Waals surface area contributed by atoms with Crippen LogP contribution in [0.1, 0.15) is 48.0 Å². The summed E-state index contributed by atoms with van der Waals surface area (Å²) in [6.45, 7) is 3.70. The van der Waals surface area contributed by atoms with Crippen LogP contribution < -0.4 is 5.32 Å². The predicted molar refractivity (Wildman–Crippen MR) is 95.1 cm³/mol. The third-order valence-corrected chi connectivity index (χ3v) is 5.66. The molecule has 6 nitrogen and oxygen atoms in total. The number of likely N-dealkylation sites (N-methyl/N-ethyl adjacent to an activating group) is 1. The van der Waals surface area contributed by atoms with Crippen molar-refractivity contribution in [1.82, 2.24) is 25.0 Å². The highest BCUT2D eigenvalue weighted by atomic mass is 32.1. The Morgan fingerprint density at radius 3 is 3.00 bits per heavy atom. The van der Waals surface area contributed by atoms with Crippen molar-refractivity contribution in [3.63, 3.8) is 0 Å². The Morgan fingerprint density at radius 2 is 2.38 bits per heavy atom. The van der Waals surface area contributed by atoms with Crippen molar-refractivity contribution < 1.29 is 4.79 Å². The van der Waals surface area contributed by atoms with Gasteiger partial charge in [0.1, 0.15) is 6.04 Å². The normalized spacial score (nSPS) is 19.5. The highest BCUT2D eigenvalue weighted by molar-refractivity contribution is 7.09. The maximum absolute atomic E-state index is 13.0. The number of nitrogens with one attached hydrogen (secondary N) is 1. The second-order valence-corrected chi connectivity index (χ2v) is 7.21. The van der Waals surface area contributed by atoms with Crippen molar-refractivity contribution in [1.29, 1.82) is 0 Å². The smallest absolute Gasteiger partial charge is 0.244 e. The van der Waals surface area contributed by atoms with Gasteiger partial charge < -0.3 is 10.2 Å². The number of amides is 1. The third-order valence-electron chi connectivity index (χ3n) is 4.61. The summed E-state index contributed by atoms with van der Waals surface area (Å²) in [6, 6.07) is -0.333. The lowest BCUT2D eigenvalue weighted by molar-refractivity contribution is -0.134. The van der Waals surface area contributed by atoms with E-state index in [4.69, 9.17) is 4.98 Å². The Morgan fingerprint density at radius 1 is 1.54 bits per heavy atom. The van der Waals surface area contributed by atoms with Crippen LogP contribution >= 0.6 is 11.3 Å². The molecule has 2 atom stereocenters. The molecule has 2 aromatic heterocycles. The van der Waals surface area contributed by atoms with E-state index in [2.05, 4.69) is 22.7 Å². The first-order valence-corrected chi connectivity index (χ1v) is 9.39. The van der Waals surface area contributed by atoms with E-state index in [-0.39, 0.29) is 11.9 Å². The molecule has 1 fully saturated rings. The van der Waals surface area contributed by atoms with Crippen molar-refractivity contribution in [2.24, 2.45) is 7.05 Å². The lowest BCUT2D eigenvalue weighted by atomic mass is 9.97. The number of nitrogens with zero attached hydrogens (tertiary/aromatic N) is 4. The lowest BCUT2D eigenvalue weighted by Gasteiger charge is -2.34. The first-order valence-electron chi connectivity index (χ1n) is 8.51. The summed E-state index contributed by atoms with van der Waals surface area (Å²) < 4.78 is 1.73. The molecule has 0 spiro atoms. The molecule has 7 heteroatoms. The summed E-state index contributed by atoms with van der Waals surface area (Å²) >= 11 is 1.73. The van der Waals surface area contributed by atoms with Gasteiger partial charge >= 0.3 is 0 Å². The van der Waals surface area contributed by atoms with E-state index in [1.165, 1.54) is 5.01 Å². The van der Waals surface area contributed by atoms with Gasteiger partial charge in [0.25, 0.3) is 0 Å². The van der Waals surface area contributed by atoms with Crippen LogP contribution in [0.4, 0.5) is 0 Å². The number of thiazole rings is 1. The fourth-order valence-electron chi connectivity index (χ4n) is 3.26. The van der Waals surface area contributed by atoms with Crippen molar-refractivity contribution in [2.75, 3.05) is 20.1 Å². The highest BCUT2D eigenvalue weighted by Gasteiger charge is 2.31. The van der Waals surface area contributed by atoms with Gasteiger partial charge in [0.05, 0.1) is 16.9 Å². The van der Waals surface area contributed by atoms with Crippen LogP contribution in [0.3, 0.4) is 0 Å². The molecule has 0 radical (unpaired) electrons. The van der Waals surface area contributed by atoms with Gasteiger partial charge in [-0.15, -0.1) is 11.3 Å². The SMILES string of the molecule is CCc1csc(C2CCCN(C(=O)C(NC)c3cnn(C)c3)C2)n1. The van der Waals surface area contributed by atoms with E-state index in [0.717, 1.165) is 43.6 Å². The number of piperidine rings is 1. The molecule has 1 N–H and O–H groups in total. The number of aromatic nitrogens is 3. The van der Waals surface area contributed by atoms with Crippen molar-refractivity contribution in [3.8, 4) is 0 Å². The molecule has 2 aromatic rings. The Labute approximate surface area is 146 Å². The van der Waals surface area contributed by atoms with Crippen molar-refractivity contribution in [3.05, 3.63) is 34.0 Å². The minimum atomic E-state index is -0.333. The molecule has 1 saturated heterocycles. The maximum atomic E-state index is 13.0. The molecular weight excluding hydrogens is 322 g/mol. The zero-order valence-electron chi connectivity index (χ0n) is 14.5. The minimum absolute atomic E-state index is 0.127. The van der Waals surface area contributed by atoms with Gasteiger partial charge in [-0.1, -0.05) is 6.92 Å². The second kappa shape index (κ2) is 7.44. The fraction of sp³-hybridized carbons (Fsp3) is 0.588. The quantitative estimate of drug-likeness (QED) is 0.900. The monoisotopic (exact) mass is 347 g/mol. The minimum Gasteiger partial charge on any atom is -0.340 e. The van der Waals surface area contributed by atoms with Crippen molar-refractivity contribution in [2.45, 2.75) is 38.1 Å². The maximum Gasteiger partial charge on any atom is 0.244 e. The van der Waals surface area contributed by atoms with Crippen LogP contribution in [0.5, 0.6) is 0 Å². The van der Waals surface area contributed by atoms with E-state index >= 15 is 0 Å². The van der Waals surface area contributed by atoms with Gasteiger partial charge in [-0.05, 0) is 26.3 Å². The van der Waals surface area contributed by atoms with Gasteiger partial charge in [-0.25, -0.2) is 4.98 Å². The molecule has 130 valence electrons. The van der Waals surface area contributed by atoms with Gasteiger partial charge in [0.15, 0.2) is 0 Å². The summed E-state index contributed by atoms with van der Waals surface area (Å²) in [6.07, 6.45) is 6.76. The van der Waals surface area contributed by atoms with Crippen LogP contribution in [0.2, 0.25) is 0 Å². The number of carbonyl (C=O) groups excluding carboxylic acids is 1. The summed E-state index contributed by atoms with van der Waals surface area (Å²) in [5.74, 6) is 0.488. The van der Waals surface area contributed by atoms with Gasteiger partial charge in [0, 0.05) is 43.2 Å². The average molecular weight is 347 g/mol. The molecule has 1 aliphatic rings. The Balaban J connectivity index is 1.72. The Kier molecular flexibility index (Phi) is 5.30. The van der Waals surface area contributed by atoms with Crippen LogP contribution in [0, 0.1) is 0 Å². The van der Waals surface area contributed by atoms with Crippen LogP contribution in [-0.2, 0) is 18.3 Å². The van der Waals surface area contributed by atoms with Crippen LogP contribution in [0.25, 0.3) is 0 Å². The molecule has 0 aliphatic carbocycles. The average Bonchev–Trinajstić information content (AvgIpc) is 3.25. The van der Waals surface area contributed by atoms with E-state index in [1.807, 2.05) is 25.2 Å². The summed E-state index contributed by atoms with van der Waals surface area (Å²) in [7, 11) is 3.69. The molecule has 0 saturated carbocycles. The molecule has 2 unspecified atom stereocenters. The molecule has 3 heterocycles. The standard InChI is InChI=1S/C17H25N5OS/c1-4-14-11-24-16(20-14)12-6-5-7-22(10-12)17(23)15(18-2)13-8-19-21(3)9-13/h8-9,11-12,15,18H,4-7,10H2,1-3H3. The van der Waals surface area contributed by atoms with Gasteiger partial charge in [0.2, 0.25) is 5.91 Å². The summed E-state index contributed by atoms with van der Waals surface area (Å²) in [5.41, 5.74) is 2.07. The molecule has 0 aromatic carbocycles. The topological polar surface area (TPSA) is 63.1 Å². The third kappa shape index (κ3) is 3.52. The fourth-order valence-corrected chi connectivity index (χ4v) is 4.29. The zero-order valence-corrected chi connectivity index (χ0v) is 15.3. The molecule has 3 rings (SSSR count). The molecular formula is C17H25N5OS. The van der Waals surface area contributed by atoms with E-state index in [9.17, 15) is 4.79 Å². The Bertz CT molecular complexity index is 695. The first-order chi connectivity index (χ1) is 11.6. The van der Waals surface area contributed by atoms with Gasteiger partial charge in [-0.2, -0.15) is 5.10 Å². The summed E-state index contributed by atoms with van der Waals surface area (Å²) in [5, 5.41) is 10.6. The van der Waals surface area contributed by atoms with Crippen LogP contribution in [-0.4, -0.2) is 45.7 Å². The van der Waals surface area contributed by atoms with Crippen molar-refractivity contribution >= 4 is 17.2 Å². The zero-order chi connectivity index (χ0) is 17.1. The molecule has 0 bridgehead atoms. The first kappa shape index (κ1) is 17.1. The molecule has 24 heavy (non-hydrogen) atoms. The number of hydrogen-bond donors (Lipinski definition) is 1. The van der Waals surface area contributed by atoms with E-state index in [0.29, 0.717) is 5.92 Å². The summed E-state index contributed by atoms with van der Waals surface area (Å²) in [4.78, 5) is 19.7. The highest BCUT2D eigenvalue weighted by Crippen LogP contribution is 2.30. The number of likely N-dealkylation sites (tertiary alicyclic amines) is 1. The van der Waals surface area contributed by atoms with Crippen LogP contribution in [0.15, 0.2) is 17.8 Å². The van der Waals surface area contributed by atoms with E-state index < -0.39 is 0 Å². The molecule has 1 amide bonds. The second-order valence-electron chi connectivity index (χ2n) is 6.32. The number of carbonyl (C=O) groups is 1. The number of hydrogen-bond acceptors (Lipinski definition) is 5. The number of rotatable bonds is 5. The largest absolute Gasteiger partial charge is 0.340 e. The lowest BCUT2D eigenvalue weighted by Crippen LogP contribution is -2.44. The predicted octanol–water partition coefficient (Wildman–Crippen LogP) is 2.11.